The lowest BCUT2D eigenvalue weighted by molar-refractivity contribution is 0.324. The summed E-state index contributed by atoms with van der Waals surface area (Å²) in [4.78, 5) is 15.5. The number of rotatable bonds is 6. The van der Waals surface area contributed by atoms with Gasteiger partial charge in [-0.1, -0.05) is 12.1 Å². The minimum atomic E-state index is -3.29. The molecule has 0 saturated carbocycles. The van der Waals surface area contributed by atoms with Crippen molar-refractivity contribution in [1.29, 1.82) is 0 Å². The van der Waals surface area contributed by atoms with Gasteiger partial charge in [0.05, 0.1) is 37.6 Å². The minimum Gasteiger partial charge on any atom is -0.493 e. The van der Waals surface area contributed by atoms with Crippen molar-refractivity contribution in [1.82, 2.24) is 9.55 Å². The van der Waals surface area contributed by atoms with Crippen molar-refractivity contribution in [3.63, 3.8) is 0 Å². The number of nitrogens with one attached hydrogen (secondary N) is 1. The molecule has 28 heavy (non-hydrogen) atoms. The fraction of sp³-hybridized carbons (Fsp3) is 0.211. The van der Waals surface area contributed by atoms with E-state index in [1.54, 1.807) is 30.5 Å². The van der Waals surface area contributed by atoms with Crippen LogP contribution in [0.1, 0.15) is 0 Å². The summed E-state index contributed by atoms with van der Waals surface area (Å²) in [7, 11) is 1.21. The summed E-state index contributed by atoms with van der Waals surface area (Å²) in [5.74, 6) is 1.27. The Morgan fingerprint density at radius 2 is 1.50 bits per heavy atom. The lowest BCUT2D eigenvalue weighted by Gasteiger charge is -2.14. The van der Waals surface area contributed by atoms with Crippen LogP contribution in [0.4, 0.5) is 0 Å². The largest absolute Gasteiger partial charge is 0.493 e. The third-order valence-corrected chi connectivity index (χ3v) is 5.37. The van der Waals surface area contributed by atoms with E-state index in [1.165, 1.54) is 38.0 Å². The molecule has 0 unspecified atom stereocenters. The van der Waals surface area contributed by atoms with Gasteiger partial charge >= 0.3 is 5.69 Å². The molecule has 0 amide bonds. The summed E-state index contributed by atoms with van der Waals surface area (Å²) in [5.41, 5.74) is 1.38. The maximum absolute atomic E-state index is 12.5. The van der Waals surface area contributed by atoms with Crippen LogP contribution in [-0.2, 0) is 9.84 Å². The predicted molar refractivity (Wildman–Crippen MR) is 105 cm³/mol. The van der Waals surface area contributed by atoms with Gasteiger partial charge in [0, 0.05) is 24.6 Å². The topological polar surface area (TPSA) is 99.6 Å². The third-order valence-electron chi connectivity index (χ3n) is 4.24. The van der Waals surface area contributed by atoms with Crippen molar-refractivity contribution in [3.8, 4) is 34.2 Å². The summed E-state index contributed by atoms with van der Waals surface area (Å²) >= 11 is 0. The molecule has 0 spiro atoms. The van der Waals surface area contributed by atoms with Crippen LogP contribution in [0.2, 0.25) is 0 Å². The van der Waals surface area contributed by atoms with Crippen LogP contribution >= 0.6 is 0 Å². The van der Waals surface area contributed by atoms with Gasteiger partial charge in [-0.25, -0.2) is 13.2 Å². The van der Waals surface area contributed by atoms with Gasteiger partial charge in [0.2, 0.25) is 5.75 Å². The molecule has 1 aromatic heterocycles. The van der Waals surface area contributed by atoms with E-state index in [4.69, 9.17) is 14.2 Å². The van der Waals surface area contributed by atoms with Crippen LogP contribution in [0.5, 0.6) is 17.2 Å². The molecule has 0 bridgehead atoms. The van der Waals surface area contributed by atoms with Gasteiger partial charge in [0.15, 0.2) is 21.3 Å². The normalized spacial score (nSPS) is 11.3. The van der Waals surface area contributed by atoms with Crippen LogP contribution in [-0.4, -0.2) is 45.6 Å². The molecule has 8 nitrogen and oxygen atoms in total. The Hall–Kier alpha value is -3.20. The number of ether oxygens (including phenoxy) is 3. The van der Waals surface area contributed by atoms with E-state index in [1.807, 2.05) is 0 Å². The zero-order valence-electron chi connectivity index (χ0n) is 15.8. The highest BCUT2D eigenvalue weighted by molar-refractivity contribution is 7.90. The van der Waals surface area contributed by atoms with Crippen molar-refractivity contribution >= 4 is 9.84 Å². The Bertz CT molecular complexity index is 1130. The smallest absolute Gasteiger partial charge is 0.330 e. The van der Waals surface area contributed by atoms with Crippen molar-refractivity contribution < 1.29 is 22.6 Å². The summed E-state index contributed by atoms with van der Waals surface area (Å²) in [5, 5.41) is 0. The van der Waals surface area contributed by atoms with Gasteiger partial charge in [-0.3, -0.25) is 4.57 Å². The van der Waals surface area contributed by atoms with Crippen molar-refractivity contribution in [2.45, 2.75) is 4.90 Å². The molecule has 0 aliphatic rings. The van der Waals surface area contributed by atoms with Crippen LogP contribution in [0.15, 0.2) is 52.3 Å². The Morgan fingerprint density at radius 3 is 1.96 bits per heavy atom. The molecule has 0 radical (unpaired) electrons. The molecule has 0 aliphatic carbocycles. The highest BCUT2D eigenvalue weighted by Crippen LogP contribution is 2.39. The number of nitrogens with zero attached hydrogens (tertiary/aromatic N) is 1. The Balaban J connectivity index is 2.07. The number of aromatic nitrogens is 2. The molecule has 1 heterocycles. The molecular weight excluding hydrogens is 384 g/mol. The van der Waals surface area contributed by atoms with E-state index in [2.05, 4.69) is 4.98 Å². The van der Waals surface area contributed by atoms with Gasteiger partial charge < -0.3 is 19.2 Å². The maximum atomic E-state index is 12.5. The van der Waals surface area contributed by atoms with E-state index in [0.717, 1.165) is 6.26 Å². The molecule has 1 N–H and O–H groups in total. The maximum Gasteiger partial charge on any atom is 0.330 e. The number of hydrogen-bond donors (Lipinski definition) is 1. The monoisotopic (exact) mass is 404 g/mol. The molecule has 0 fully saturated rings. The molecule has 148 valence electrons. The summed E-state index contributed by atoms with van der Waals surface area (Å²) in [6.07, 6.45) is 2.77. The average molecular weight is 404 g/mol. The Labute approximate surface area is 162 Å². The van der Waals surface area contributed by atoms with Crippen LogP contribution in [0, 0.1) is 0 Å². The fourth-order valence-corrected chi connectivity index (χ4v) is 3.45. The molecule has 0 atom stereocenters. The van der Waals surface area contributed by atoms with Crippen LogP contribution < -0.4 is 19.9 Å². The first-order chi connectivity index (χ1) is 13.3. The average Bonchev–Trinajstić information content (AvgIpc) is 3.07. The van der Waals surface area contributed by atoms with E-state index >= 15 is 0 Å². The van der Waals surface area contributed by atoms with Crippen molar-refractivity contribution in [2.75, 3.05) is 27.6 Å². The van der Waals surface area contributed by atoms with Crippen molar-refractivity contribution in [3.05, 3.63) is 53.1 Å². The highest BCUT2D eigenvalue weighted by atomic mass is 32.2. The second-order valence-electron chi connectivity index (χ2n) is 6.02. The first kappa shape index (κ1) is 19.6. The quantitative estimate of drug-likeness (QED) is 0.677. The lowest BCUT2D eigenvalue weighted by Crippen LogP contribution is -2.14. The Kier molecular flexibility index (Phi) is 5.19. The van der Waals surface area contributed by atoms with Gasteiger partial charge in [-0.2, -0.15) is 0 Å². The number of methoxy groups -OCH3 is 3. The van der Waals surface area contributed by atoms with Crippen LogP contribution in [0.3, 0.4) is 0 Å². The van der Waals surface area contributed by atoms with E-state index < -0.39 is 9.84 Å². The number of aromatic amines is 1. The fourth-order valence-electron chi connectivity index (χ4n) is 2.82. The summed E-state index contributed by atoms with van der Waals surface area (Å²) in [6.45, 7) is 0. The second-order valence-corrected chi connectivity index (χ2v) is 8.04. The van der Waals surface area contributed by atoms with Crippen molar-refractivity contribution in [2.24, 2.45) is 0 Å². The van der Waals surface area contributed by atoms with Gasteiger partial charge in [-0.15, -0.1) is 0 Å². The zero-order chi connectivity index (χ0) is 20.5. The SMILES string of the molecule is COc1cc(-n2cc(-c3ccc(S(C)(=O)=O)cc3)[nH]c2=O)cc(OC)c1OC. The number of benzene rings is 2. The van der Waals surface area contributed by atoms with Crippen LogP contribution in [0.25, 0.3) is 16.9 Å². The zero-order valence-corrected chi connectivity index (χ0v) is 16.7. The van der Waals surface area contributed by atoms with E-state index in [9.17, 15) is 13.2 Å². The summed E-state index contributed by atoms with van der Waals surface area (Å²) < 4.78 is 40.6. The second kappa shape index (κ2) is 7.43. The van der Waals surface area contributed by atoms with Gasteiger partial charge in [-0.05, 0) is 17.7 Å². The number of H-pyrrole nitrogens is 1. The molecule has 9 heteroatoms. The first-order valence-electron chi connectivity index (χ1n) is 8.21. The van der Waals surface area contributed by atoms with Gasteiger partial charge in [0.25, 0.3) is 0 Å². The Morgan fingerprint density at radius 1 is 0.929 bits per heavy atom. The molecule has 3 aromatic rings. The molecular formula is C19H20N2O6S. The highest BCUT2D eigenvalue weighted by Gasteiger charge is 2.16. The third kappa shape index (κ3) is 3.61. The van der Waals surface area contributed by atoms with Gasteiger partial charge in [0.1, 0.15) is 0 Å². The summed E-state index contributed by atoms with van der Waals surface area (Å²) in [6, 6.07) is 9.60. The minimum absolute atomic E-state index is 0.211. The predicted octanol–water partition coefficient (Wildman–Crippen LogP) is 2.26. The number of hydrogen-bond acceptors (Lipinski definition) is 6. The molecule has 0 saturated heterocycles. The number of imidazole rings is 1. The standard InChI is InChI=1S/C19H20N2O6S/c1-25-16-9-13(10-17(26-2)18(16)27-3)21-11-15(20-19(21)22)12-5-7-14(8-6-12)28(4,23)24/h5-11H,1-4H3,(H,20,22). The number of sulfone groups is 1. The first-order valence-corrected chi connectivity index (χ1v) is 10.1. The molecule has 0 aliphatic heterocycles. The lowest BCUT2D eigenvalue weighted by atomic mass is 10.2. The molecule has 2 aromatic carbocycles. The van der Waals surface area contributed by atoms with E-state index in [0.29, 0.717) is 34.2 Å². The molecule has 3 rings (SSSR count). The van der Waals surface area contributed by atoms with E-state index in [-0.39, 0.29) is 10.6 Å².